The van der Waals surface area contributed by atoms with Crippen molar-refractivity contribution in [2.24, 2.45) is 0 Å². The summed E-state index contributed by atoms with van der Waals surface area (Å²) in [6, 6.07) is 26.8. The van der Waals surface area contributed by atoms with E-state index >= 15 is 0 Å². The molecule has 0 aliphatic carbocycles. The van der Waals surface area contributed by atoms with Crippen LogP contribution < -0.4 is 0 Å². The van der Waals surface area contributed by atoms with Crippen molar-refractivity contribution in [1.29, 1.82) is 0 Å². The van der Waals surface area contributed by atoms with E-state index < -0.39 is 0 Å². The molecule has 0 bridgehead atoms. The number of hydrogen-bond acceptors (Lipinski definition) is 4. The molecule has 41 heavy (non-hydrogen) atoms. The van der Waals surface area contributed by atoms with Crippen molar-refractivity contribution >= 4 is 11.9 Å². The molecule has 0 heterocycles. The minimum atomic E-state index is -0.343. The molecule has 0 aliphatic rings. The predicted octanol–water partition coefficient (Wildman–Crippen LogP) is 8.41. The summed E-state index contributed by atoms with van der Waals surface area (Å²) >= 11 is 0. The lowest BCUT2D eigenvalue weighted by molar-refractivity contribution is -0.138. The third-order valence-corrected chi connectivity index (χ3v) is 7.26. The highest BCUT2D eigenvalue weighted by Crippen LogP contribution is 2.22. The standard InChI is InChI=1S/C37H44O4/c1-3-36(38)40-28-10-6-5-8-12-31-20-24-34(25-21-31)35-26-22-33(23-27-35)19-18-32-16-14-30(15-17-32)13-9-7-11-29-41-37(39)4-2/h3-4,14-17,20-27H,1-2,5-13,18-19,28-29H2. The second-order valence-electron chi connectivity index (χ2n) is 10.4. The smallest absolute Gasteiger partial charge is 0.330 e. The lowest BCUT2D eigenvalue weighted by Crippen LogP contribution is -2.01. The molecule has 4 heteroatoms. The van der Waals surface area contributed by atoms with E-state index in [9.17, 15) is 9.59 Å². The summed E-state index contributed by atoms with van der Waals surface area (Å²) in [5, 5.41) is 0. The second kappa shape index (κ2) is 18.4. The van der Waals surface area contributed by atoms with Crippen molar-refractivity contribution in [2.45, 2.75) is 70.6 Å². The van der Waals surface area contributed by atoms with Gasteiger partial charge in [-0.15, -0.1) is 0 Å². The van der Waals surface area contributed by atoms with E-state index in [2.05, 4.69) is 86.0 Å². The van der Waals surface area contributed by atoms with Crippen molar-refractivity contribution in [3.63, 3.8) is 0 Å². The van der Waals surface area contributed by atoms with E-state index in [-0.39, 0.29) is 11.9 Å². The Morgan fingerprint density at radius 2 is 0.780 bits per heavy atom. The SMILES string of the molecule is C=CC(=O)OCCCCCCc1ccc(-c2ccc(CCc3ccc(CCCCCOC(=O)C=C)cc3)cc2)cc1. The summed E-state index contributed by atoms with van der Waals surface area (Å²) < 4.78 is 10.0. The zero-order chi connectivity index (χ0) is 29.1. The number of hydrogen-bond donors (Lipinski definition) is 0. The zero-order valence-corrected chi connectivity index (χ0v) is 24.3. The number of carbonyl (C=O) groups is 2. The van der Waals surface area contributed by atoms with Crippen LogP contribution in [0.2, 0.25) is 0 Å². The van der Waals surface area contributed by atoms with Crippen LogP contribution in [0.15, 0.2) is 98.1 Å². The summed E-state index contributed by atoms with van der Waals surface area (Å²) in [6.45, 7) is 7.76. The van der Waals surface area contributed by atoms with E-state index in [1.165, 1.54) is 45.5 Å². The molecule has 0 aromatic heterocycles. The van der Waals surface area contributed by atoms with Crippen LogP contribution in [0.25, 0.3) is 11.1 Å². The van der Waals surface area contributed by atoms with Crippen LogP contribution in [-0.4, -0.2) is 25.2 Å². The Bertz CT molecular complexity index is 1210. The molecule has 0 radical (unpaired) electrons. The molecule has 0 aliphatic heterocycles. The number of ether oxygens (including phenoxy) is 2. The van der Waals surface area contributed by atoms with Crippen LogP contribution in [0.4, 0.5) is 0 Å². The van der Waals surface area contributed by atoms with Gasteiger partial charge in [-0.3, -0.25) is 0 Å². The summed E-state index contributed by atoms with van der Waals surface area (Å²) in [4.78, 5) is 22.1. The van der Waals surface area contributed by atoms with Crippen molar-refractivity contribution in [2.75, 3.05) is 13.2 Å². The molecule has 3 aromatic carbocycles. The first kappa shape index (κ1) is 31.6. The van der Waals surface area contributed by atoms with Crippen LogP contribution in [0.3, 0.4) is 0 Å². The molecule has 4 nitrogen and oxygen atoms in total. The topological polar surface area (TPSA) is 52.6 Å². The maximum absolute atomic E-state index is 11.0. The van der Waals surface area contributed by atoms with E-state index in [4.69, 9.17) is 9.47 Å². The number of unbranched alkanes of at least 4 members (excludes halogenated alkanes) is 5. The van der Waals surface area contributed by atoms with Gasteiger partial charge in [0.15, 0.2) is 0 Å². The largest absolute Gasteiger partial charge is 0.463 e. The summed E-state index contributed by atoms with van der Waals surface area (Å²) in [6.07, 6.45) is 13.9. The van der Waals surface area contributed by atoms with Gasteiger partial charge in [0.25, 0.3) is 0 Å². The Labute approximate surface area is 246 Å². The van der Waals surface area contributed by atoms with Gasteiger partial charge >= 0.3 is 11.9 Å². The van der Waals surface area contributed by atoms with Gasteiger partial charge in [-0.25, -0.2) is 9.59 Å². The fourth-order valence-corrected chi connectivity index (χ4v) is 4.75. The van der Waals surface area contributed by atoms with E-state index in [1.807, 2.05) is 0 Å². The Kier molecular flexibility index (Phi) is 14.2. The van der Waals surface area contributed by atoms with Crippen LogP contribution >= 0.6 is 0 Å². The molecular formula is C37H44O4. The third-order valence-electron chi connectivity index (χ3n) is 7.26. The van der Waals surface area contributed by atoms with Gasteiger partial charge in [-0.05, 0) is 91.2 Å². The molecule has 3 aromatic rings. The highest BCUT2D eigenvalue weighted by Gasteiger charge is 2.03. The van der Waals surface area contributed by atoms with Gasteiger partial charge in [-0.1, -0.05) is 98.8 Å². The Morgan fingerprint density at radius 3 is 1.17 bits per heavy atom. The zero-order valence-electron chi connectivity index (χ0n) is 24.3. The fourth-order valence-electron chi connectivity index (χ4n) is 4.75. The molecule has 0 amide bonds. The van der Waals surface area contributed by atoms with Crippen LogP contribution in [-0.2, 0) is 44.7 Å². The summed E-state index contributed by atoms with van der Waals surface area (Å²) in [7, 11) is 0. The van der Waals surface area contributed by atoms with Gasteiger partial charge in [0.2, 0.25) is 0 Å². The maximum Gasteiger partial charge on any atom is 0.330 e. The number of benzene rings is 3. The molecule has 0 saturated carbocycles. The van der Waals surface area contributed by atoms with E-state index in [0.717, 1.165) is 70.6 Å². The molecule has 0 unspecified atom stereocenters. The number of rotatable bonds is 19. The first-order valence-corrected chi connectivity index (χ1v) is 14.9. The van der Waals surface area contributed by atoms with Crippen LogP contribution in [0.1, 0.15) is 67.2 Å². The lowest BCUT2D eigenvalue weighted by Gasteiger charge is -2.08. The molecule has 0 atom stereocenters. The van der Waals surface area contributed by atoms with Gasteiger partial charge in [0, 0.05) is 12.2 Å². The molecule has 0 N–H and O–H groups in total. The molecule has 0 fully saturated rings. The maximum atomic E-state index is 11.0. The van der Waals surface area contributed by atoms with Gasteiger partial charge in [-0.2, -0.15) is 0 Å². The minimum absolute atomic E-state index is 0.340. The quantitative estimate of drug-likeness (QED) is 0.0851. The molecule has 3 rings (SSSR count). The minimum Gasteiger partial charge on any atom is -0.463 e. The Morgan fingerprint density at radius 1 is 0.463 bits per heavy atom. The average molecular weight is 553 g/mol. The monoisotopic (exact) mass is 552 g/mol. The number of aryl methyl sites for hydroxylation is 4. The molecule has 216 valence electrons. The summed E-state index contributed by atoms with van der Waals surface area (Å²) in [5.41, 5.74) is 7.93. The first-order chi connectivity index (χ1) is 20.1. The highest BCUT2D eigenvalue weighted by atomic mass is 16.5. The van der Waals surface area contributed by atoms with Gasteiger partial charge < -0.3 is 9.47 Å². The normalized spacial score (nSPS) is 10.6. The number of esters is 2. The Hall–Kier alpha value is -3.92. The van der Waals surface area contributed by atoms with Crippen molar-refractivity contribution in [3.8, 4) is 11.1 Å². The van der Waals surface area contributed by atoms with Gasteiger partial charge in [0.1, 0.15) is 0 Å². The fraction of sp³-hybridized carbons (Fsp3) is 0.351. The van der Waals surface area contributed by atoms with E-state index in [1.54, 1.807) is 0 Å². The van der Waals surface area contributed by atoms with Crippen molar-refractivity contribution < 1.29 is 19.1 Å². The van der Waals surface area contributed by atoms with Gasteiger partial charge in [0.05, 0.1) is 13.2 Å². The molecule has 0 saturated heterocycles. The predicted molar refractivity (Wildman–Crippen MR) is 168 cm³/mol. The van der Waals surface area contributed by atoms with Crippen molar-refractivity contribution in [3.05, 3.63) is 120 Å². The highest BCUT2D eigenvalue weighted by molar-refractivity contribution is 5.81. The van der Waals surface area contributed by atoms with Crippen LogP contribution in [0, 0.1) is 0 Å². The average Bonchev–Trinajstić information content (AvgIpc) is 3.02. The number of carbonyl (C=O) groups excluding carboxylic acids is 2. The van der Waals surface area contributed by atoms with E-state index in [0.29, 0.717) is 13.2 Å². The lowest BCUT2D eigenvalue weighted by atomic mass is 9.98. The van der Waals surface area contributed by atoms with Crippen LogP contribution in [0.5, 0.6) is 0 Å². The summed E-state index contributed by atoms with van der Waals surface area (Å²) in [5.74, 6) is -0.683. The first-order valence-electron chi connectivity index (χ1n) is 14.9. The van der Waals surface area contributed by atoms with Crippen molar-refractivity contribution in [1.82, 2.24) is 0 Å². The third kappa shape index (κ3) is 12.4. The second-order valence-corrected chi connectivity index (χ2v) is 10.4. The Balaban J connectivity index is 1.33. The molecular weight excluding hydrogens is 508 g/mol. The molecule has 0 spiro atoms.